The van der Waals surface area contributed by atoms with Gasteiger partial charge in [0.2, 0.25) is 0 Å². The van der Waals surface area contributed by atoms with Gasteiger partial charge < -0.3 is 10.2 Å². The zero-order valence-corrected chi connectivity index (χ0v) is 13.4. The highest BCUT2D eigenvalue weighted by molar-refractivity contribution is 7.98. The van der Waals surface area contributed by atoms with Gasteiger partial charge in [-0.05, 0) is 31.4 Å². The van der Waals surface area contributed by atoms with Crippen molar-refractivity contribution in [3.05, 3.63) is 28.8 Å². The van der Waals surface area contributed by atoms with Crippen LogP contribution in [0, 0.1) is 0 Å². The van der Waals surface area contributed by atoms with E-state index in [0.717, 1.165) is 24.5 Å². The minimum Gasteiger partial charge on any atom is -0.333 e. The summed E-state index contributed by atoms with van der Waals surface area (Å²) in [5.41, 5.74) is 0.609. The van der Waals surface area contributed by atoms with Gasteiger partial charge in [0.15, 0.2) is 0 Å². The van der Waals surface area contributed by atoms with Crippen molar-refractivity contribution in [3.8, 4) is 0 Å². The Hall–Kier alpha value is -0.420. The Balaban J connectivity index is 0.00000180. The fraction of sp³-hybridized carbons (Fsp3) is 0.462. The molecular formula is C13H18Cl2N2OS. The van der Waals surface area contributed by atoms with Crippen LogP contribution in [0.15, 0.2) is 23.1 Å². The van der Waals surface area contributed by atoms with Gasteiger partial charge in [0.05, 0.1) is 10.6 Å². The number of halogens is 2. The molecule has 1 aromatic rings. The predicted octanol–water partition coefficient (Wildman–Crippen LogP) is 2.92. The molecule has 1 aliphatic rings. The van der Waals surface area contributed by atoms with Gasteiger partial charge >= 0.3 is 0 Å². The minimum absolute atomic E-state index is 0. The Kier molecular flexibility index (Phi) is 6.47. The largest absolute Gasteiger partial charge is 0.333 e. The van der Waals surface area contributed by atoms with Gasteiger partial charge in [-0.2, -0.15) is 0 Å². The van der Waals surface area contributed by atoms with Crippen LogP contribution in [-0.4, -0.2) is 42.7 Å². The van der Waals surface area contributed by atoms with E-state index in [1.54, 1.807) is 17.8 Å². The van der Waals surface area contributed by atoms with E-state index in [9.17, 15) is 4.79 Å². The molecule has 1 aliphatic heterocycles. The van der Waals surface area contributed by atoms with Crippen LogP contribution in [0.25, 0.3) is 0 Å². The molecule has 0 saturated carbocycles. The number of amides is 1. The first kappa shape index (κ1) is 16.6. The Morgan fingerprint density at radius 2 is 2.26 bits per heavy atom. The maximum absolute atomic E-state index is 12.5. The van der Waals surface area contributed by atoms with Gasteiger partial charge in [0.1, 0.15) is 0 Å². The molecule has 106 valence electrons. The SMILES string of the molecule is CSc1ccc(Cl)c(C(=O)N2CCNCC2C)c1.Cl. The van der Waals surface area contributed by atoms with Crippen molar-refractivity contribution in [1.82, 2.24) is 10.2 Å². The molecular weight excluding hydrogens is 303 g/mol. The first-order valence-corrected chi connectivity index (χ1v) is 7.59. The lowest BCUT2D eigenvalue weighted by atomic mass is 10.1. The first-order chi connectivity index (χ1) is 8.63. The van der Waals surface area contributed by atoms with Crippen LogP contribution in [0.4, 0.5) is 0 Å². The zero-order chi connectivity index (χ0) is 13.1. The van der Waals surface area contributed by atoms with Crippen LogP contribution in [0.3, 0.4) is 0 Å². The number of rotatable bonds is 2. The van der Waals surface area contributed by atoms with Gasteiger partial charge in [-0.25, -0.2) is 0 Å². The van der Waals surface area contributed by atoms with E-state index in [-0.39, 0.29) is 24.4 Å². The second kappa shape index (κ2) is 7.39. The lowest BCUT2D eigenvalue weighted by Gasteiger charge is -2.34. The second-order valence-corrected chi connectivity index (χ2v) is 5.68. The van der Waals surface area contributed by atoms with Gasteiger partial charge in [0, 0.05) is 30.6 Å². The van der Waals surface area contributed by atoms with E-state index in [0.29, 0.717) is 10.6 Å². The maximum atomic E-state index is 12.5. The molecule has 1 atom stereocenters. The van der Waals surface area contributed by atoms with E-state index in [1.807, 2.05) is 23.3 Å². The second-order valence-electron chi connectivity index (χ2n) is 4.40. The summed E-state index contributed by atoms with van der Waals surface area (Å²) in [7, 11) is 0. The average Bonchev–Trinajstić information content (AvgIpc) is 2.39. The van der Waals surface area contributed by atoms with Gasteiger partial charge in [-0.3, -0.25) is 4.79 Å². The molecule has 0 spiro atoms. The zero-order valence-electron chi connectivity index (χ0n) is 11.0. The van der Waals surface area contributed by atoms with Crippen LogP contribution in [0.2, 0.25) is 5.02 Å². The minimum atomic E-state index is 0. The number of carbonyl (C=O) groups is 1. The van der Waals surface area contributed by atoms with Gasteiger partial charge in [-0.1, -0.05) is 11.6 Å². The molecule has 0 aliphatic carbocycles. The quantitative estimate of drug-likeness (QED) is 0.850. The van der Waals surface area contributed by atoms with Crippen molar-refractivity contribution in [2.24, 2.45) is 0 Å². The third-order valence-electron chi connectivity index (χ3n) is 3.17. The summed E-state index contributed by atoms with van der Waals surface area (Å²) in [6.07, 6.45) is 1.99. The van der Waals surface area contributed by atoms with E-state index in [2.05, 4.69) is 12.2 Å². The highest BCUT2D eigenvalue weighted by Crippen LogP contribution is 2.25. The molecule has 0 aromatic heterocycles. The Morgan fingerprint density at radius 3 is 2.89 bits per heavy atom. The Bertz CT molecular complexity index is 456. The third kappa shape index (κ3) is 3.78. The molecule has 19 heavy (non-hydrogen) atoms. The molecule has 0 bridgehead atoms. The number of hydrogen-bond donors (Lipinski definition) is 1. The molecule has 1 aromatic carbocycles. The molecule has 2 rings (SSSR count). The van der Waals surface area contributed by atoms with Gasteiger partial charge in [-0.15, -0.1) is 24.2 Å². The monoisotopic (exact) mass is 320 g/mol. The van der Waals surface area contributed by atoms with E-state index in [4.69, 9.17) is 11.6 Å². The molecule has 1 amide bonds. The molecule has 6 heteroatoms. The highest BCUT2D eigenvalue weighted by atomic mass is 35.5. The third-order valence-corrected chi connectivity index (χ3v) is 4.22. The van der Waals surface area contributed by atoms with E-state index >= 15 is 0 Å². The van der Waals surface area contributed by atoms with Crippen molar-refractivity contribution in [2.75, 3.05) is 25.9 Å². The van der Waals surface area contributed by atoms with Crippen molar-refractivity contribution < 1.29 is 4.79 Å². The Morgan fingerprint density at radius 1 is 1.53 bits per heavy atom. The lowest BCUT2D eigenvalue weighted by molar-refractivity contribution is 0.0655. The number of hydrogen-bond acceptors (Lipinski definition) is 3. The number of thioether (sulfide) groups is 1. The van der Waals surface area contributed by atoms with Crippen molar-refractivity contribution >= 4 is 41.7 Å². The standard InChI is InChI=1S/C13H17ClN2OS.ClH/c1-9-8-15-5-6-16(9)13(17)11-7-10(18-2)3-4-12(11)14;/h3-4,7,9,15H,5-6,8H2,1-2H3;1H. The van der Waals surface area contributed by atoms with Crippen molar-refractivity contribution in [2.45, 2.75) is 17.9 Å². The molecule has 1 fully saturated rings. The molecule has 1 heterocycles. The highest BCUT2D eigenvalue weighted by Gasteiger charge is 2.25. The fourth-order valence-electron chi connectivity index (χ4n) is 2.09. The smallest absolute Gasteiger partial charge is 0.255 e. The number of piperazine rings is 1. The van der Waals surface area contributed by atoms with Crippen LogP contribution < -0.4 is 5.32 Å². The summed E-state index contributed by atoms with van der Waals surface area (Å²) in [5, 5.41) is 3.81. The van der Waals surface area contributed by atoms with Crippen LogP contribution in [-0.2, 0) is 0 Å². The number of nitrogens with one attached hydrogen (secondary N) is 1. The predicted molar refractivity (Wildman–Crippen MR) is 83.8 cm³/mol. The normalized spacial score (nSPS) is 18.9. The lowest BCUT2D eigenvalue weighted by Crippen LogP contribution is -2.52. The number of nitrogens with zero attached hydrogens (tertiary/aromatic N) is 1. The summed E-state index contributed by atoms with van der Waals surface area (Å²) in [6.45, 7) is 4.47. The summed E-state index contributed by atoms with van der Waals surface area (Å²) in [4.78, 5) is 15.5. The summed E-state index contributed by atoms with van der Waals surface area (Å²) >= 11 is 7.76. The summed E-state index contributed by atoms with van der Waals surface area (Å²) in [6, 6.07) is 5.82. The average molecular weight is 321 g/mol. The number of benzene rings is 1. The van der Waals surface area contributed by atoms with Crippen molar-refractivity contribution in [1.29, 1.82) is 0 Å². The molecule has 0 radical (unpaired) electrons. The molecule has 1 unspecified atom stereocenters. The van der Waals surface area contributed by atoms with E-state index < -0.39 is 0 Å². The van der Waals surface area contributed by atoms with Crippen LogP contribution >= 0.6 is 35.8 Å². The maximum Gasteiger partial charge on any atom is 0.255 e. The van der Waals surface area contributed by atoms with Crippen molar-refractivity contribution in [3.63, 3.8) is 0 Å². The molecule has 1 N–H and O–H groups in total. The topological polar surface area (TPSA) is 32.3 Å². The van der Waals surface area contributed by atoms with E-state index in [1.165, 1.54) is 0 Å². The molecule has 3 nitrogen and oxygen atoms in total. The fourth-order valence-corrected chi connectivity index (χ4v) is 2.73. The Labute approximate surface area is 129 Å². The summed E-state index contributed by atoms with van der Waals surface area (Å²) in [5.74, 6) is 0.0323. The van der Waals surface area contributed by atoms with Gasteiger partial charge in [0.25, 0.3) is 5.91 Å². The van der Waals surface area contributed by atoms with Crippen LogP contribution in [0.1, 0.15) is 17.3 Å². The first-order valence-electron chi connectivity index (χ1n) is 5.98. The summed E-state index contributed by atoms with van der Waals surface area (Å²) < 4.78 is 0. The van der Waals surface area contributed by atoms with Crippen LogP contribution in [0.5, 0.6) is 0 Å². The molecule has 1 saturated heterocycles. The number of carbonyl (C=O) groups excluding carboxylic acids is 1.